The van der Waals surface area contributed by atoms with Gasteiger partial charge in [-0.25, -0.2) is 4.79 Å². The van der Waals surface area contributed by atoms with Gasteiger partial charge in [-0.15, -0.1) is 0 Å². The van der Waals surface area contributed by atoms with Crippen LogP contribution < -0.4 is 4.74 Å². The molecule has 104 valence electrons. The van der Waals surface area contributed by atoms with Crippen molar-refractivity contribution in [1.82, 2.24) is 0 Å². The van der Waals surface area contributed by atoms with Gasteiger partial charge in [-0.2, -0.15) is 0 Å². The molecule has 0 aliphatic heterocycles. The predicted octanol–water partition coefficient (Wildman–Crippen LogP) is 3.95. The summed E-state index contributed by atoms with van der Waals surface area (Å²) >= 11 is 6.19. The van der Waals surface area contributed by atoms with Crippen molar-refractivity contribution in [3.63, 3.8) is 0 Å². The molecule has 0 fully saturated rings. The number of methoxy groups -OCH3 is 1. The molecule has 0 bridgehead atoms. The average Bonchev–Trinajstić information content (AvgIpc) is 2.49. The van der Waals surface area contributed by atoms with E-state index in [0.29, 0.717) is 10.8 Å². The molecule has 0 aliphatic carbocycles. The molecule has 0 aliphatic rings. The van der Waals surface area contributed by atoms with Gasteiger partial charge in [0.25, 0.3) is 0 Å². The standard InChI is InChI=1S/C16H15ClO3/c1-11(16(18)19-2)20-15-9-8-13(10-14(15)17)12-6-4-3-5-7-12/h3-11H,1-2H3. The van der Waals surface area contributed by atoms with Crippen LogP contribution in [0.2, 0.25) is 5.02 Å². The molecule has 0 saturated carbocycles. The van der Waals surface area contributed by atoms with Gasteiger partial charge in [-0.3, -0.25) is 0 Å². The Morgan fingerprint density at radius 2 is 1.80 bits per heavy atom. The van der Waals surface area contributed by atoms with Gasteiger partial charge in [0.15, 0.2) is 6.10 Å². The highest BCUT2D eigenvalue weighted by atomic mass is 35.5. The van der Waals surface area contributed by atoms with E-state index in [1.165, 1.54) is 7.11 Å². The number of hydrogen-bond donors (Lipinski definition) is 0. The molecule has 0 amide bonds. The number of carbonyl (C=O) groups excluding carboxylic acids is 1. The fourth-order valence-corrected chi connectivity index (χ4v) is 2.04. The average molecular weight is 291 g/mol. The Morgan fingerprint density at radius 3 is 2.40 bits per heavy atom. The Kier molecular flexibility index (Phi) is 4.64. The van der Waals surface area contributed by atoms with Gasteiger partial charge >= 0.3 is 5.97 Å². The van der Waals surface area contributed by atoms with Gasteiger partial charge in [0.1, 0.15) is 5.75 Å². The van der Waals surface area contributed by atoms with Crippen molar-refractivity contribution in [2.75, 3.05) is 7.11 Å². The van der Waals surface area contributed by atoms with Crippen LogP contribution in [-0.2, 0) is 9.53 Å². The highest BCUT2D eigenvalue weighted by Crippen LogP contribution is 2.31. The van der Waals surface area contributed by atoms with E-state index >= 15 is 0 Å². The van der Waals surface area contributed by atoms with E-state index in [4.69, 9.17) is 16.3 Å². The predicted molar refractivity (Wildman–Crippen MR) is 79.0 cm³/mol. The van der Waals surface area contributed by atoms with Crippen LogP contribution in [0.15, 0.2) is 48.5 Å². The maximum atomic E-state index is 11.3. The highest BCUT2D eigenvalue weighted by Gasteiger charge is 2.16. The molecule has 2 aromatic rings. The molecule has 0 saturated heterocycles. The monoisotopic (exact) mass is 290 g/mol. The molecule has 3 nitrogen and oxygen atoms in total. The van der Waals surface area contributed by atoms with Crippen molar-refractivity contribution in [1.29, 1.82) is 0 Å². The van der Waals surface area contributed by atoms with Crippen LogP contribution in [0.3, 0.4) is 0 Å². The van der Waals surface area contributed by atoms with Crippen molar-refractivity contribution in [2.45, 2.75) is 13.0 Å². The normalized spacial score (nSPS) is 11.8. The fraction of sp³-hybridized carbons (Fsp3) is 0.188. The maximum Gasteiger partial charge on any atom is 0.346 e. The van der Waals surface area contributed by atoms with Crippen molar-refractivity contribution < 1.29 is 14.3 Å². The number of carbonyl (C=O) groups is 1. The van der Waals surface area contributed by atoms with Gasteiger partial charge < -0.3 is 9.47 Å². The Labute approximate surface area is 123 Å². The number of hydrogen-bond acceptors (Lipinski definition) is 3. The Hall–Kier alpha value is -2.00. The number of ether oxygens (including phenoxy) is 2. The van der Waals surface area contributed by atoms with E-state index in [-0.39, 0.29) is 0 Å². The van der Waals surface area contributed by atoms with Gasteiger partial charge in [0.2, 0.25) is 0 Å². The van der Waals surface area contributed by atoms with Crippen LogP contribution in [0.1, 0.15) is 6.92 Å². The summed E-state index contributed by atoms with van der Waals surface area (Å²) < 4.78 is 10.1. The Balaban J connectivity index is 2.20. The van der Waals surface area contributed by atoms with Gasteiger partial charge in [0.05, 0.1) is 12.1 Å². The zero-order valence-electron chi connectivity index (χ0n) is 11.3. The van der Waals surface area contributed by atoms with Crippen molar-refractivity contribution >= 4 is 17.6 Å². The lowest BCUT2D eigenvalue weighted by atomic mass is 10.1. The minimum absolute atomic E-state index is 0.437. The van der Waals surface area contributed by atoms with Gasteiger partial charge in [-0.1, -0.05) is 48.0 Å². The molecular formula is C16H15ClO3. The first-order valence-electron chi connectivity index (χ1n) is 6.21. The molecule has 0 heterocycles. The summed E-state index contributed by atoms with van der Waals surface area (Å²) in [5.41, 5.74) is 2.07. The zero-order valence-corrected chi connectivity index (χ0v) is 12.1. The molecule has 0 N–H and O–H groups in total. The zero-order chi connectivity index (χ0) is 14.5. The molecule has 0 aromatic heterocycles. The third-order valence-corrected chi connectivity index (χ3v) is 3.17. The summed E-state index contributed by atoms with van der Waals surface area (Å²) in [4.78, 5) is 11.3. The molecule has 4 heteroatoms. The van der Waals surface area contributed by atoms with Crippen molar-refractivity contribution in [3.8, 4) is 16.9 Å². The summed E-state index contributed by atoms with van der Waals surface area (Å²) in [7, 11) is 1.32. The molecular weight excluding hydrogens is 276 g/mol. The third kappa shape index (κ3) is 3.31. The second kappa shape index (κ2) is 6.44. The molecule has 1 unspecified atom stereocenters. The summed E-state index contributed by atoms with van der Waals surface area (Å²) in [5, 5.41) is 0.460. The van der Waals surface area contributed by atoms with E-state index in [2.05, 4.69) is 4.74 Å². The minimum Gasteiger partial charge on any atom is -0.477 e. The lowest BCUT2D eigenvalue weighted by molar-refractivity contribution is -0.147. The second-order valence-corrected chi connectivity index (χ2v) is 4.70. The smallest absolute Gasteiger partial charge is 0.346 e. The first-order valence-corrected chi connectivity index (χ1v) is 6.59. The Morgan fingerprint density at radius 1 is 1.10 bits per heavy atom. The molecule has 20 heavy (non-hydrogen) atoms. The van der Waals surface area contributed by atoms with E-state index in [9.17, 15) is 4.79 Å². The maximum absolute atomic E-state index is 11.3. The van der Waals surface area contributed by atoms with E-state index in [1.54, 1.807) is 13.0 Å². The van der Waals surface area contributed by atoms with E-state index < -0.39 is 12.1 Å². The summed E-state index contributed by atoms with van der Waals surface area (Å²) in [5.74, 6) is 0.0254. The molecule has 0 radical (unpaired) electrons. The largest absolute Gasteiger partial charge is 0.477 e. The minimum atomic E-state index is -0.694. The van der Waals surface area contributed by atoms with Gasteiger partial charge in [-0.05, 0) is 30.2 Å². The van der Waals surface area contributed by atoms with Crippen LogP contribution >= 0.6 is 11.6 Å². The second-order valence-electron chi connectivity index (χ2n) is 4.29. The fourth-order valence-electron chi connectivity index (χ4n) is 1.81. The van der Waals surface area contributed by atoms with E-state index in [1.807, 2.05) is 42.5 Å². The topological polar surface area (TPSA) is 35.5 Å². The van der Waals surface area contributed by atoms with Gasteiger partial charge in [0, 0.05) is 0 Å². The number of benzene rings is 2. The third-order valence-electron chi connectivity index (χ3n) is 2.88. The van der Waals surface area contributed by atoms with Crippen LogP contribution in [0.5, 0.6) is 5.75 Å². The summed E-state index contributed by atoms with van der Waals surface area (Å²) in [6, 6.07) is 15.4. The molecule has 0 spiro atoms. The quantitative estimate of drug-likeness (QED) is 0.800. The van der Waals surface area contributed by atoms with Crippen LogP contribution in [0, 0.1) is 0 Å². The lowest BCUT2D eigenvalue weighted by Gasteiger charge is -2.14. The molecule has 2 rings (SSSR count). The first-order chi connectivity index (χ1) is 9.61. The SMILES string of the molecule is COC(=O)C(C)Oc1ccc(-c2ccccc2)cc1Cl. The van der Waals surface area contributed by atoms with Crippen molar-refractivity contribution in [2.24, 2.45) is 0 Å². The number of rotatable bonds is 4. The summed E-state index contributed by atoms with van der Waals surface area (Å²) in [6.45, 7) is 1.62. The van der Waals surface area contributed by atoms with Crippen LogP contribution in [0.4, 0.5) is 0 Å². The highest BCUT2D eigenvalue weighted by molar-refractivity contribution is 6.32. The van der Waals surface area contributed by atoms with Crippen LogP contribution in [-0.4, -0.2) is 19.2 Å². The molecule has 1 atom stereocenters. The van der Waals surface area contributed by atoms with Crippen molar-refractivity contribution in [3.05, 3.63) is 53.6 Å². The number of halogens is 1. The molecule has 2 aromatic carbocycles. The number of esters is 1. The lowest BCUT2D eigenvalue weighted by Crippen LogP contribution is -2.24. The first kappa shape index (κ1) is 14.4. The Bertz CT molecular complexity index is 596. The van der Waals surface area contributed by atoms with Crippen LogP contribution in [0.25, 0.3) is 11.1 Å². The van der Waals surface area contributed by atoms with E-state index in [0.717, 1.165) is 11.1 Å². The summed E-state index contributed by atoms with van der Waals surface area (Å²) in [6.07, 6.45) is -0.694.